The van der Waals surface area contributed by atoms with E-state index in [1.54, 1.807) is 26.4 Å². The molecule has 1 heterocycles. The number of ether oxygens (including phenoxy) is 1. The number of rotatable bonds is 5. The number of nitrogens with one attached hydrogen (secondary N) is 2. The van der Waals surface area contributed by atoms with E-state index in [0.717, 1.165) is 37.1 Å². The predicted octanol–water partition coefficient (Wildman–Crippen LogP) is 4.09. The van der Waals surface area contributed by atoms with Gasteiger partial charge in [-0.25, -0.2) is 4.79 Å². The van der Waals surface area contributed by atoms with Gasteiger partial charge in [-0.15, -0.1) is 0 Å². The summed E-state index contributed by atoms with van der Waals surface area (Å²) in [5.41, 5.74) is 2.62. The number of likely N-dealkylation sites (tertiary alicyclic amines) is 1. The van der Waals surface area contributed by atoms with E-state index < -0.39 is 0 Å². The van der Waals surface area contributed by atoms with E-state index in [0.29, 0.717) is 23.7 Å². The highest BCUT2D eigenvalue weighted by molar-refractivity contribution is 6.30. The van der Waals surface area contributed by atoms with Gasteiger partial charge in [0, 0.05) is 44.6 Å². The second kappa shape index (κ2) is 12.1. The topological polar surface area (TPSA) is 70.7 Å². The number of anilines is 1. The molecule has 0 aliphatic carbocycles. The van der Waals surface area contributed by atoms with Crippen molar-refractivity contribution in [1.82, 2.24) is 10.2 Å². The third-order valence-corrected chi connectivity index (χ3v) is 4.64. The van der Waals surface area contributed by atoms with Crippen LogP contribution in [0.2, 0.25) is 5.02 Å². The van der Waals surface area contributed by atoms with Crippen LogP contribution in [0.3, 0.4) is 0 Å². The molecule has 6 nitrogen and oxygen atoms in total. The molecule has 0 aromatic heterocycles. The third kappa shape index (κ3) is 8.13. The first-order valence-corrected chi connectivity index (χ1v) is 9.95. The van der Waals surface area contributed by atoms with Gasteiger partial charge in [-0.1, -0.05) is 35.9 Å². The number of methoxy groups -OCH3 is 1. The molecule has 1 saturated heterocycles. The molecule has 3 rings (SSSR count). The van der Waals surface area contributed by atoms with Crippen molar-refractivity contribution in [3.63, 3.8) is 0 Å². The lowest BCUT2D eigenvalue weighted by Crippen LogP contribution is -2.29. The van der Waals surface area contributed by atoms with Crippen LogP contribution in [-0.4, -0.2) is 44.1 Å². The van der Waals surface area contributed by atoms with E-state index in [-0.39, 0.29) is 11.9 Å². The normalized spacial score (nSPS) is 12.7. The van der Waals surface area contributed by atoms with Crippen LogP contribution in [0.15, 0.2) is 48.5 Å². The first-order valence-electron chi connectivity index (χ1n) is 9.58. The lowest BCUT2D eigenvalue weighted by Gasteiger charge is -2.15. The van der Waals surface area contributed by atoms with Crippen molar-refractivity contribution < 1.29 is 14.3 Å². The highest BCUT2D eigenvalue weighted by Crippen LogP contribution is 2.14. The van der Waals surface area contributed by atoms with E-state index in [9.17, 15) is 9.59 Å². The Bertz CT molecular complexity index is 773. The van der Waals surface area contributed by atoms with Gasteiger partial charge >= 0.3 is 6.03 Å². The Morgan fingerprint density at radius 2 is 1.52 bits per heavy atom. The minimum absolute atomic E-state index is 0.170. The Hall–Kier alpha value is -2.57. The average molecular weight is 418 g/mol. The van der Waals surface area contributed by atoms with Crippen LogP contribution in [0.5, 0.6) is 0 Å². The molecule has 2 aromatic carbocycles. The second-order valence-electron chi connectivity index (χ2n) is 6.80. The van der Waals surface area contributed by atoms with Crippen molar-refractivity contribution in [3.8, 4) is 0 Å². The monoisotopic (exact) mass is 417 g/mol. The Labute approximate surface area is 177 Å². The van der Waals surface area contributed by atoms with E-state index in [2.05, 4.69) is 15.4 Å². The quantitative estimate of drug-likeness (QED) is 0.769. The second-order valence-corrected chi connectivity index (χ2v) is 7.24. The number of nitrogens with zero attached hydrogens (tertiary/aromatic N) is 1. The van der Waals surface area contributed by atoms with Gasteiger partial charge in [0.2, 0.25) is 5.91 Å². The van der Waals surface area contributed by atoms with Crippen molar-refractivity contribution in [1.29, 1.82) is 0 Å². The van der Waals surface area contributed by atoms with Gasteiger partial charge in [0.25, 0.3) is 0 Å². The zero-order valence-electron chi connectivity index (χ0n) is 16.9. The Kier molecular flexibility index (Phi) is 9.47. The van der Waals surface area contributed by atoms with Crippen LogP contribution in [-0.2, 0) is 22.5 Å². The summed E-state index contributed by atoms with van der Waals surface area (Å²) in [6.07, 6.45) is 2.60. The molecule has 1 aliphatic rings. The Morgan fingerprint density at radius 1 is 0.966 bits per heavy atom. The maximum atomic E-state index is 12.2. The zero-order valence-corrected chi connectivity index (χ0v) is 17.7. The molecule has 0 saturated carbocycles. The van der Waals surface area contributed by atoms with E-state index in [4.69, 9.17) is 11.6 Å². The maximum Gasteiger partial charge on any atom is 0.319 e. The summed E-state index contributed by atoms with van der Waals surface area (Å²) in [6, 6.07) is 14.4. The number of hydrogen-bond acceptors (Lipinski definition) is 3. The molecule has 0 atom stereocenters. The molecule has 1 aliphatic heterocycles. The summed E-state index contributed by atoms with van der Waals surface area (Å²) in [4.78, 5) is 26.0. The number of benzene rings is 2. The van der Waals surface area contributed by atoms with Crippen LogP contribution in [0, 0.1) is 0 Å². The van der Waals surface area contributed by atoms with Gasteiger partial charge in [-0.05, 0) is 48.2 Å². The fourth-order valence-corrected chi connectivity index (χ4v) is 3.04. The van der Waals surface area contributed by atoms with Crippen molar-refractivity contribution in [2.24, 2.45) is 0 Å². The molecular formula is C22H28ClN3O3. The number of hydrogen-bond donors (Lipinski definition) is 2. The minimum atomic E-state index is -0.277. The highest BCUT2D eigenvalue weighted by Gasteiger charge is 2.17. The smallest absolute Gasteiger partial charge is 0.319 e. The van der Waals surface area contributed by atoms with Crippen molar-refractivity contribution in [2.45, 2.75) is 25.8 Å². The molecule has 2 N–H and O–H groups in total. The summed E-state index contributed by atoms with van der Waals surface area (Å²) in [5.74, 6) is 0.170. The molecule has 0 bridgehead atoms. The standard InChI is InChI=1S/C20H22ClN3O2.C2H6O/c21-17-7-3-16(4-8-17)14-22-20(26)23-18-9-5-15(6-10-18)13-19(25)24-11-1-2-12-24;1-3-2/h3-10H,1-2,11-14H2,(H2,22,23,26);1-2H3. The molecule has 7 heteroatoms. The van der Waals surface area contributed by atoms with Gasteiger partial charge in [0.1, 0.15) is 0 Å². The minimum Gasteiger partial charge on any atom is -0.388 e. The van der Waals surface area contributed by atoms with Crippen molar-refractivity contribution >= 4 is 29.2 Å². The van der Waals surface area contributed by atoms with Crippen LogP contribution in [0.1, 0.15) is 24.0 Å². The molecule has 0 unspecified atom stereocenters. The molecule has 0 radical (unpaired) electrons. The van der Waals surface area contributed by atoms with Crippen molar-refractivity contribution in [2.75, 3.05) is 32.6 Å². The Balaban J connectivity index is 0.000000941. The molecule has 2 aromatic rings. The summed E-state index contributed by atoms with van der Waals surface area (Å²) in [7, 11) is 3.25. The van der Waals surface area contributed by atoms with Crippen molar-refractivity contribution in [3.05, 3.63) is 64.7 Å². The number of amides is 3. The van der Waals surface area contributed by atoms with Gasteiger partial charge in [0.05, 0.1) is 6.42 Å². The summed E-state index contributed by atoms with van der Waals surface area (Å²) < 4.78 is 4.25. The molecular weight excluding hydrogens is 390 g/mol. The third-order valence-electron chi connectivity index (χ3n) is 4.39. The summed E-state index contributed by atoms with van der Waals surface area (Å²) in [6.45, 7) is 2.16. The summed E-state index contributed by atoms with van der Waals surface area (Å²) >= 11 is 5.84. The van der Waals surface area contributed by atoms with Crippen LogP contribution >= 0.6 is 11.6 Å². The summed E-state index contributed by atoms with van der Waals surface area (Å²) in [5, 5.41) is 6.25. The highest BCUT2D eigenvalue weighted by atomic mass is 35.5. The molecule has 3 amide bonds. The molecule has 1 fully saturated rings. The lowest BCUT2D eigenvalue weighted by molar-refractivity contribution is -0.129. The van der Waals surface area contributed by atoms with E-state index >= 15 is 0 Å². The molecule has 156 valence electrons. The predicted molar refractivity (Wildman–Crippen MR) is 116 cm³/mol. The average Bonchev–Trinajstić information content (AvgIpc) is 3.25. The van der Waals surface area contributed by atoms with Gasteiger partial charge in [-0.3, -0.25) is 4.79 Å². The lowest BCUT2D eigenvalue weighted by atomic mass is 10.1. The number of halogens is 1. The zero-order chi connectivity index (χ0) is 21.1. The van der Waals surface area contributed by atoms with Gasteiger partial charge in [0.15, 0.2) is 0 Å². The van der Waals surface area contributed by atoms with Gasteiger partial charge in [-0.2, -0.15) is 0 Å². The first-order chi connectivity index (χ1) is 14.0. The number of carbonyl (C=O) groups is 2. The van der Waals surface area contributed by atoms with Crippen LogP contribution in [0.25, 0.3) is 0 Å². The number of carbonyl (C=O) groups excluding carboxylic acids is 2. The first kappa shape index (κ1) is 22.7. The largest absolute Gasteiger partial charge is 0.388 e. The van der Waals surface area contributed by atoms with Crippen LogP contribution in [0.4, 0.5) is 10.5 Å². The van der Waals surface area contributed by atoms with E-state index in [1.165, 1.54) is 0 Å². The SMILES string of the molecule is COC.O=C(NCc1ccc(Cl)cc1)Nc1ccc(CC(=O)N2CCCC2)cc1. The Morgan fingerprint density at radius 3 is 2.10 bits per heavy atom. The molecule has 0 spiro atoms. The fraction of sp³-hybridized carbons (Fsp3) is 0.364. The van der Waals surface area contributed by atoms with Gasteiger partial charge < -0.3 is 20.3 Å². The maximum absolute atomic E-state index is 12.2. The number of urea groups is 1. The van der Waals surface area contributed by atoms with Crippen LogP contribution < -0.4 is 10.6 Å². The molecule has 29 heavy (non-hydrogen) atoms. The van der Waals surface area contributed by atoms with E-state index in [1.807, 2.05) is 41.3 Å². The fourth-order valence-electron chi connectivity index (χ4n) is 2.92.